The number of H-pyrrole nitrogens is 1. The molecule has 0 unspecified atom stereocenters. The van der Waals surface area contributed by atoms with Gasteiger partial charge in [-0.2, -0.15) is 0 Å². The Labute approximate surface area is 120 Å². The molecule has 6 heteroatoms. The summed E-state index contributed by atoms with van der Waals surface area (Å²) in [6.45, 7) is 0. The summed E-state index contributed by atoms with van der Waals surface area (Å²) in [5.74, 6) is -1.00. The number of para-hydroxylation sites is 1. The van der Waals surface area contributed by atoms with E-state index < -0.39 is 12.0 Å². The summed E-state index contributed by atoms with van der Waals surface area (Å²) in [7, 11) is 0. The van der Waals surface area contributed by atoms with Gasteiger partial charge in [-0.1, -0.05) is 18.2 Å². The molecule has 0 radical (unpaired) electrons. The van der Waals surface area contributed by atoms with Crippen molar-refractivity contribution in [1.29, 1.82) is 0 Å². The number of aliphatic carboxylic acids is 1. The van der Waals surface area contributed by atoms with E-state index in [0.29, 0.717) is 0 Å². The van der Waals surface area contributed by atoms with Gasteiger partial charge in [0, 0.05) is 41.5 Å². The topological polar surface area (TPSA) is 105 Å². The fourth-order valence-electron chi connectivity index (χ4n) is 2.38. The molecule has 0 saturated heterocycles. The van der Waals surface area contributed by atoms with E-state index in [-0.39, 0.29) is 6.42 Å². The molecule has 3 aromatic rings. The normalized spacial score (nSPS) is 12.4. The second kappa shape index (κ2) is 5.34. The van der Waals surface area contributed by atoms with Crippen LogP contribution in [0.15, 0.2) is 43.1 Å². The molecule has 2 heterocycles. The van der Waals surface area contributed by atoms with Crippen LogP contribution in [0.2, 0.25) is 0 Å². The average molecular weight is 282 g/mol. The number of fused-ring (bicyclic) bond motifs is 1. The maximum atomic E-state index is 10.9. The largest absolute Gasteiger partial charge is 0.480 e. The van der Waals surface area contributed by atoms with Gasteiger partial charge in [0.05, 0.1) is 5.52 Å². The highest BCUT2D eigenvalue weighted by Gasteiger charge is 2.16. The number of aromatic nitrogens is 3. The van der Waals surface area contributed by atoms with Crippen LogP contribution in [0.25, 0.3) is 22.0 Å². The van der Waals surface area contributed by atoms with Gasteiger partial charge in [0.15, 0.2) is 0 Å². The molecule has 106 valence electrons. The number of nitrogens with zero attached hydrogens (tertiary/aromatic N) is 2. The van der Waals surface area contributed by atoms with E-state index >= 15 is 0 Å². The monoisotopic (exact) mass is 282 g/mol. The summed E-state index contributed by atoms with van der Waals surface area (Å²) in [5, 5.41) is 9.90. The molecule has 1 aromatic carbocycles. The first-order valence-electron chi connectivity index (χ1n) is 6.49. The van der Waals surface area contributed by atoms with Crippen LogP contribution in [-0.2, 0) is 11.2 Å². The molecule has 6 nitrogen and oxygen atoms in total. The zero-order valence-electron chi connectivity index (χ0n) is 11.2. The van der Waals surface area contributed by atoms with E-state index in [1.807, 2.05) is 18.2 Å². The minimum absolute atomic E-state index is 0.282. The number of carboxylic acids is 1. The van der Waals surface area contributed by atoms with Crippen LogP contribution in [0, 0.1) is 0 Å². The number of nitrogens with one attached hydrogen (secondary N) is 1. The first-order valence-corrected chi connectivity index (χ1v) is 6.49. The van der Waals surface area contributed by atoms with Crippen LogP contribution in [0.5, 0.6) is 0 Å². The number of carboxylic acid groups (broad SMARTS) is 1. The lowest BCUT2D eigenvalue weighted by molar-refractivity contribution is -0.138. The number of rotatable bonds is 4. The van der Waals surface area contributed by atoms with Gasteiger partial charge in [-0.3, -0.25) is 4.79 Å². The van der Waals surface area contributed by atoms with Crippen molar-refractivity contribution in [1.82, 2.24) is 15.0 Å². The van der Waals surface area contributed by atoms with E-state index in [4.69, 9.17) is 10.8 Å². The third kappa shape index (κ3) is 2.48. The lowest BCUT2D eigenvalue weighted by atomic mass is 10.0. The average Bonchev–Trinajstić information content (AvgIpc) is 2.91. The number of benzene rings is 1. The summed E-state index contributed by atoms with van der Waals surface area (Å²) in [4.78, 5) is 22.1. The van der Waals surface area contributed by atoms with Crippen LogP contribution in [0.1, 0.15) is 5.56 Å². The maximum absolute atomic E-state index is 10.9. The van der Waals surface area contributed by atoms with Crippen molar-refractivity contribution in [3.63, 3.8) is 0 Å². The molecule has 0 saturated carbocycles. The van der Waals surface area contributed by atoms with Gasteiger partial charge in [0.2, 0.25) is 0 Å². The number of aromatic amines is 1. The Morgan fingerprint density at radius 1 is 1.33 bits per heavy atom. The third-order valence-electron chi connectivity index (χ3n) is 3.43. The molecule has 0 aliphatic heterocycles. The van der Waals surface area contributed by atoms with Gasteiger partial charge in [-0.15, -0.1) is 0 Å². The molecule has 0 bridgehead atoms. The molecule has 0 spiro atoms. The lowest BCUT2D eigenvalue weighted by Gasteiger charge is -2.06. The van der Waals surface area contributed by atoms with Gasteiger partial charge in [0.1, 0.15) is 12.4 Å². The van der Waals surface area contributed by atoms with Crippen molar-refractivity contribution in [2.45, 2.75) is 12.5 Å². The van der Waals surface area contributed by atoms with Gasteiger partial charge >= 0.3 is 5.97 Å². The van der Waals surface area contributed by atoms with E-state index in [2.05, 4.69) is 15.0 Å². The Hall–Kier alpha value is -2.73. The zero-order chi connectivity index (χ0) is 14.8. The predicted octanol–water partition coefficient (Wildman–Crippen LogP) is 1.58. The molecule has 0 aliphatic carbocycles. The Kier molecular flexibility index (Phi) is 3.37. The number of nitrogens with two attached hydrogens (primary N) is 1. The first kappa shape index (κ1) is 13.3. The molecule has 21 heavy (non-hydrogen) atoms. The van der Waals surface area contributed by atoms with Crippen molar-refractivity contribution in [3.8, 4) is 11.1 Å². The van der Waals surface area contributed by atoms with Crippen LogP contribution in [0.4, 0.5) is 0 Å². The van der Waals surface area contributed by atoms with Crippen LogP contribution in [-0.4, -0.2) is 32.1 Å². The highest BCUT2D eigenvalue weighted by molar-refractivity contribution is 5.96. The Morgan fingerprint density at radius 3 is 2.81 bits per heavy atom. The molecule has 1 atom stereocenters. The smallest absolute Gasteiger partial charge is 0.320 e. The van der Waals surface area contributed by atoms with Gasteiger partial charge in [0.25, 0.3) is 0 Å². The molecule has 0 aliphatic rings. The van der Waals surface area contributed by atoms with Gasteiger partial charge in [-0.25, -0.2) is 9.97 Å². The molecule has 0 fully saturated rings. The minimum Gasteiger partial charge on any atom is -0.480 e. The van der Waals surface area contributed by atoms with Crippen LogP contribution in [0.3, 0.4) is 0 Å². The lowest BCUT2D eigenvalue weighted by Crippen LogP contribution is -2.32. The summed E-state index contributed by atoms with van der Waals surface area (Å²) in [6, 6.07) is 4.93. The van der Waals surface area contributed by atoms with E-state index in [9.17, 15) is 4.79 Å². The summed E-state index contributed by atoms with van der Waals surface area (Å²) in [5.41, 5.74) is 9.31. The van der Waals surface area contributed by atoms with Crippen molar-refractivity contribution in [3.05, 3.63) is 48.7 Å². The van der Waals surface area contributed by atoms with Crippen LogP contribution >= 0.6 is 0 Å². The van der Waals surface area contributed by atoms with E-state index in [0.717, 1.165) is 27.6 Å². The van der Waals surface area contributed by atoms with Gasteiger partial charge < -0.3 is 15.8 Å². The van der Waals surface area contributed by atoms with Gasteiger partial charge in [-0.05, 0) is 5.56 Å². The summed E-state index contributed by atoms with van der Waals surface area (Å²) < 4.78 is 0. The first-order chi connectivity index (χ1) is 10.2. The second-order valence-electron chi connectivity index (χ2n) is 4.82. The van der Waals surface area contributed by atoms with Crippen LogP contribution < -0.4 is 5.73 Å². The fraction of sp³-hybridized carbons (Fsp3) is 0.133. The van der Waals surface area contributed by atoms with Crippen molar-refractivity contribution in [2.24, 2.45) is 5.73 Å². The Morgan fingerprint density at radius 2 is 2.10 bits per heavy atom. The van der Waals surface area contributed by atoms with Crippen molar-refractivity contribution < 1.29 is 9.90 Å². The third-order valence-corrected chi connectivity index (χ3v) is 3.43. The highest BCUT2D eigenvalue weighted by atomic mass is 16.4. The summed E-state index contributed by atoms with van der Waals surface area (Å²) in [6.07, 6.45) is 7.05. The summed E-state index contributed by atoms with van der Waals surface area (Å²) >= 11 is 0. The molecular formula is C15H14N4O2. The SMILES string of the molecule is N[C@@H](Cc1c[nH]c2c(-c3cncnc3)cccc12)C(=O)O. The standard InChI is InChI=1S/C15H14N4O2/c16-13(15(20)21)4-9-7-19-14-11(9)2-1-3-12(14)10-5-17-8-18-6-10/h1-3,5-8,13,19H,4,16H2,(H,20,21)/t13-/m0/s1. The Balaban J connectivity index is 2.06. The molecule has 4 N–H and O–H groups in total. The molecule has 0 amide bonds. The number of carbonyl (C=O) groups is 1. The molecule has 3 rings (SSSR count). The predicted molar refractivity (Wildman–Crippen MR) is 78.6 cm³/mol. The Bertz CT molecular complexity index is 783. The highest BCUT2D eigenvalue weighted by Crippen LogP contribution is 2.29. The number of hydrogen-bond donors (Lipinski definition) is 3. The van der Waals surface area contributed by atoms with E-state index in [1.54, 1.807) is 18.6 Å². The van der Waals surface area contributed by atoms with E-state index in [1.165, 1.54) is 6.33 Å². The van der Waals surface area contributed by atoms with Crippen molar-refractivity contribution in [2.75, 3.05) is 0 Å². The number of hydrogen-bond acceptors (Lipinski definition) is 4. The zero-order valence-corrected chi connectivity index (χ0v) is 11.2. The van der Waals surface area contributed by atoms with Crippen molar-refractivity contribution >= 4 is 16.9 Å². The molecular weight excluding hydrogens is 268 g/mol. The second-order valence-corrected chi connectivity index (χ2v) is 4.82. The fourth-order valence-corrected chi connectivity index (χ4v) is 2.38. The maximum Gasteiger partial charge on any atom is 0.320 e. The quantitative estimate of drug-likeness (QED) is 0.673. The minimum atomic E-state index is -1.00. The molecule has 2 aromatic heterocycles.